The van der Waals surface area contributed by atoms with Gasteiger partial charge in [-0.15, -0.1) is 0 Å². The summed E-state index contributed by atoms with van der Waals surface area (Å²) in [5.41, 5.74) is 6.10. The van der Waals surface area contributed by atoms with Crippen LogP contribution in [0, 0.1) is 0 Å². The van der Waals surface area contributed by atoms with E-state index < -0.39 is 0 Å². The fourth-order valence-electron chi connectivity index (χ4n) is 3.38. The summed E-state index contributed by atoms with van der Waals surface area (Å²) in [5, 5.41) is 19.1. The van der Waals surface area contributed by atoms with Crippen LogP contribution in [-0.4, -0.2) is 17.3 Å². The van der Waals surface area contributed by atoms with E-state index in [1.54, 1.807) is 31.4 Å². The van der Waals surface area contributed by atoms with Crippen molar-refractivity contribution in [3.8, 4) is 28.4 Å². The van der Waals surface area contributed by atoms with E-state index in [2.05, 4.69) is 24.3 Å². The van der Waals surface area contributed by atoms with Crippen molar-refractivity contribution in [3.63, 3.8) is 0 Å². The molecule has 3 heteroatoms. The van der Waals surface area contributed by atoms with Crippen LogP contribution in [0.2, 0.25) is 0 Å². The summed E-state index contributed by atoms with van der Waals surface area (Å²) in [6.07, 6.45) is 0. The van der Waals surface area contributed by atoms with Crippen molar-refractivity contribution in [1.82, 2.24) is 0 Å². The Bertz CT molecular complexity index is 1020. The number of rotatable bonds is 4. The minimum absolute atomic E-state index is 0.0158. The highest BCUT2D eigenvalue weighted by molar-refractivity contribution is 5.80. The first kappa shape index (κ1) is 18.6. The number of methoxy groups -OCH3 is 1. The third-order valence-electron chi connectivity index (χ3n) is 5.01. The highest BCUT2D eigenvalue weighted by atomic mass is 16.5. The van der Waals surface area contributed by atoms with Gasteiger partial charge in [-0.05, 0) is 70.3 Å². The van der Waals surface area contributed by atoms with Crippen LogP contribution in [0.4, 0.5) is 0 Å². The molecule has 2 aliphatic rings. The van der Waals surface area contributed by atoms with Gasteiger partial charge in [0.15, 0.2) is 0 Å². The first-order valence-corrected chi connectivity index (χ1v) is 9.46. The third kappa shape index (κ3) is 4.41. The summed E-state index contributed by atoms with van der Waals surface area (Å²) in [6, 6.07) is 30.8. The van der Waals surface area contributed by atoms with E-state index in [-0.39, 0.29) is 17.4 Å². The fourth-order valence-corrected chi connectivity index (χ4v) is 3.38. The second-order valence-electron chi connectivity index (χ2n) is 6.97. The van der Waals surface area contributed by atoms with Crippen LogP contribution >= 0.6 is 0 Å². The first-order chi connectivity index (χ1) is 14.1. The van der Waals surface area contributed by atoms with Gasteiger partial charge in [-0.25, -0.2) is 0 Å². The molecule has 0 amide bonds. The van der Waals surface area contributed by atoms with Crippen LogP contribution in [0.5, 0.6) is 17.2 Å². The van der Waals surface area contributed by atoms with Crippen molar-refractivity contribution in [3.05, 3.63) is 114 Å². The van der Waals surface area contributed by atoms with Crippen molar-refractivity contribution in [2.75, 3.05) is 7.11 Å². The Morgan fingerprint density at radius 1 is 0.586 bits per heavy atom. The maximum absolute atomic E-state index is 9.53. The Labute approximate surface area is 170 Å². The summed E-state index contributed by atoms with van der Waals surface area (Å²) in [6.45, 7) is 0. The molecule has 3 aromatic rings. The molecule has 0 radical (unpaired) electrons. The second-order valence-corrected chi connectivity index (χ2v) is 6.97. The Balaban J connectivity index is 0.000000286. The Hall–Kier alpha value is -3.72. The number of hydrogen-bond donors (Lipinski definition) is 2. The molecular weight excluding hydrogens is 360 g/mol. The second kappa shape index (κ2) is 8.11. The van der Waals surface area contributed by atoms with E-state index in [9.17, 15) is 10.2 Å². The van der Waals surface area contributed by atoms with Gasteiger partial charge in [0.2, 0.25) is 0 Å². The molecule has 29 heavy (non-hydrogen) atoms. The SMILES string of the molecule is COc1ccc(C(c2ccc(O)cc2)c2ccc(O)cc2)cc1.c1cc2cc-2c1. The Morgan fingerprint density at radius 3 is 1.31 bits per heavy atom. The highest BCUT2D eigenvalue weighted by Gasteiger charge is 2.17. The molecule has 0 aliphatic heterocycles. The molecule has 3 nitrogen and oxygen atoms in total. The number of fused-ring (bicyclic) bond motifs is 1. The number of benzene rings is 4. The summed E-state index contributed by atoms with van der Waals surface area (Å²) >= 11 is 0. The molecule has 0 aromatic heterocycles. The Kier molecular flexibility index (Phi) is 5.21. The van der Waals surface area contributed by atoms with Crippen molar-refractivity contribution < 1.29 is 14.9 Å². The molecule has 3 aromatic carbocycles. The zero-order valence-electron chi connectivity index (χ0n) is 16.1. The standard InChI is InChI=1S/C20H18O3.C6H4/c1-23-19-12-6-16(7-13-19)20(14-2-8-17(21)9-3-14)15-4-10-18(22)11-5-15;1-2-5-4-6(5)3-1/h2-13,20-22H,1H3;1-4H. The van der Waals surface area contributed by atoms with Crippen LogP contribution in [0.25, 0.3) is 11.1 Å². The van der Waals surface area contributed by atoms with Gasteiger partial charge in [0, 0.05) is 5.92 Å². The van der Waals surface area contributed by atoms with E-state index in [1.165, 1.54) is 11.1 Å². The summed E-state index contributed by atoms with van der Waals surface area (Å²) in [4.78, 5) is 0. The van der Waals surface area contributed by atoms with Gasteiger partial charge in [-0.1, -0.05) is 54.6 Å². The lowest BCUT2D eigenvalue weighted by Gasteiger charge is -2.19. The average Bonchev–Trinajstić information content (AvgIpc) is 3.36. The predicted octanol–water partition coefficient (Wildman–Crippen LogP) is 5.95. The summed E-state index contributed by atoms with van der Waals surface area (Å²) in [7, 11) is 1.65. The molecule has 5 rings (SSSR count). The molecular formula is C26H22O3. The molecule has 144 valence electrons. The predicted molar refractivity (Wildman–Crippen MR) is 116 cm³/mol. The van der Waals surface area contributed by atoms with E-state index in [0.29, 0.717) is 0 Å². The minimum Gasteiger partial charge on any atom is -0.508 e. The van der Waals surface area contributed by atoms with Crippen LogP contribution in [-0.2, 0) is 0 Å². The van der Waals surface area contributed by atoms with Crippen LogP contribution in [0.3, 0.4) is 0 Å². The fraction of sp³-hybridized carbons (Fsp3) is 0.0769. The maximum Gasteiger partial charge on any atom is 0.118 e. The van der Waals surface area contributed by atoms with E-state index >= 15 is 0 Å². The largest absolute Gasteiger partial charge is 0.508 e. The lowest BCUT2D eigenvalue weighted by atomic mass is 9.85. The lowest BCUT2D eigenvalue weighted by molar-refractivity contribution is 0.414. The van der Waals surface area contributed by atoms with Crippen molar-refractivity contribution in [2.45, 2.75) is 5.92 Å². The monoisotopic (exact) mass is 382 g/mol. The van der Waals surface area contributed by atoms with Gasteiger partial charge >= 0.3 is 0 Å². The molecule has 2 aliphatic carbocycles. The molecule has 0 saturated heterocycles. The number of phenolic OH excluding ortho intramolecular Hbond substituents is 2. The normalized spacial score (nSPS) is 10.8. The van der Waals surface area contributed by atoms with Crippen molar-refractivity contribution >= 4 is 0 Å². The van der Waals surface area contributed by atoms with Gasteiger partial charge in [-0.2, -0.15) is 0 Å². The van der Waals surface area contributed by atoms with Crippen LogP contribution in [0.1, 0.15) is 22.6 Å². The van der Waals surface area contributed by atoms with E-state index in [4.69, 9.17) is 4.74 Å². The number of phenols is 2. The zero-order chi connectivity index (χ0) is 20.2. The molecule has 0 spiro atoms. The molecule has 0 heterocycles. The molecule has 2 N–H and O–H groups in total. The number of ether oxygens (including phenoxy) is 1. The number of hydrogen-bond acceptors (Lipinski definition) is 3. The average molecular weight is 382 g/mol. The van der Waals surface area contributed by atoms with Crippen LogP contribution in [0.15, 0.2) is 97.1 Å². The van der Waals surface area contributed by atoms with Crippen LogP contribution < -0.4 is 4.74 Å². The van der Waals surface area contributed by atoms with E-state index in [1.807, 2.05) is 48.5 Å². The maximum atomic E-state index is 9.53. The lowest BCUT2D eigenvalue weighted by Crippen LogP contribution is -2.03. The van der Waals surface area contributed by atoms with E-state index in [0.717, 1.165) is 22.4 Å². The van der Waals surface area contributed by atoms with Gasteiger partial charge in [-0.3, -0.25) is 0 Å². The Morgan fingerprint density at radius 2 is 1.00 bits per heavy atom. The molecule has 0 atom stereocenters. The van der Waals surface area contributed by atoms with Crippen molar-refractivity contribution in [2.24, 2.45) is 0 Å². The zero-order valence-corrected chi connectivity index (χ0v) is 16.1. The van der Waals surface area contributed by atoms with Gasteiger partial charge in [0.1, 0.15) is 17.2 Å². The third-order valence-corrected chi connectivity index (χ3v) is 5.01. The molecule has 0 bridgehead atoms. The van der Waals surface area contributed by atoms with Gasteiger partial charge in [0.25, 0.3) is 0 Å². The molecule has 0 unspecified atom stereocenters. The summed E-state index contributed by atoms with van der Waals surface area (Å²) < 4.78 is 5.23. The highest BCUT2D eigenvalue weighted by Crippen LogP contribution is 2.34. The quantitative estimate of drug-likeness (QED) is 0.377. The molecule has 0 saturated carbocycles. The molecule has 0 fully saturated rings. The topological polar surface area (TPSA) is 49.7 Å². The smallest absolute Gasteiger partial charge is 0.118 e. The number of aromatic hydroxyl groups is 2. The van der Waals surface area contributed by atoms with Gasteiger partial charge in [0.05, 0.1) is 7.11 Å². The first-order valence-electron chi connectivity index (χ1n) is 9.46. The van der Waals surface area contributed by atoms with Crippen molar-refractivity contribution in [1.29, 1.82) is 0 Å². The minimum atomic E-state index is 0.0158. The van der Waals surface area contributed by atoms with Gasteiger partial charge < -0.3 is 14.9 Å². The summed E-state index contributed by atoms with van der Waals surface area (Å²) in [5.74, 6) is 1.31.